The van der Waals surface area contributed by atoms with E-state index < -0.39 is 190 Å². The van der Waals surface area contributed by atoms with Crippen LogP contribution in [0.15, 0.2) is 289 Å². The van der Waals surface area contributed by atoms with Gasteiger partial charge in [-0.2, -0.15) is 58.9 Å². The molecule has 14 bridgehead atoms. The zero-order chi connectivity index (χ0) is 95.3. The molecule has 0 aromatic heterocycles. The predicted molar refractivity (Wildman–Crippen MR) is 474 cm³/mol. The van der Waals surface area contributed by atoms with Crippen molar-refractivity contribution in [3.05, 3.63) is 411 Å². The Morgan fingerprint density at radius 2 is 0.229 bits per heavy atom. The maximum Gasteiger partial charge on any atom is 1.00 e. The average molecular weight is 2090 g/mol. The van der Waals surface area contributed by atoms with E-state index in [1.165, 1.54) is 170 Å². The van der Waals surface area contributed by atoms with Crippen LogP contribution in [0.3, 0.4) is 0 Å². The molecule has 42 heteroatoms. The monoisotopic (exact) mass is 2090 g/mol. The fourth-order valence-corrected chi connectivity index (χ4v) is 20.2. The van der Waals surface area contributed by atoms with Crippen molar-refractivity contribution in [3.8, 4) is 40.2 Å². The molecule has 686 valence electrons. The summed E-state index contributed by atoms with van der Waals surface area (Å²) in [7, 11) is -33.0. The van der Waals surface area contributed by atoms with Gasteiger partial charge in [-0.05, 0) is 253 Å². The maximum absolute atomic E-state index is 15.9. The van der Waals surface area contributed by atoms with E-state index in [4.69, 9.17) is 0 Å². The standard InChI is InChI=1S/C98H84O28S7.7Na/c99-92-71-36-64(29-57-1-15-85(16-2-57)127(106,107)108)37-72(92)51-74-39-66(31-59-5-19-87(20-6-59)129(112,113)114)41-76(94(74)101)53-78-43-68(33-61-9-23-89(24-10-61)131(118,119)120)45-80(96(78)103)55-82-47-70(35-63-13-27-91(28-14-63)133(124,125)126)49-84(98(82)105)56-83-48-69(34-62-11-25-90(26-12-62)132(121,122)123)46-81(97(83)104)54-79-44-67(32-60-7-21-88(22-8-60)130(115,116)117)42-77(95(79)102)52-75-40-65(38-73(50-71)93(75)100)30-58-3-17-86(18-4-58)128(109,110)111;;;;;;;/h1-28,36-49,99-105H,29-35,50-56H2,(H,106,107,108)(H,109,110,111)(H,112,113,114)(H,115,116,117)(H,118,119,120)(H,121,122,123)(H,124,125,126);;;;;;;/q;7*+1/p-7. The summed E-state index contributed by atoms with van der Waals surface area (Å²) in [5, 5.41) is 112. The summed E-state index contributed by atoms with van der Waals surface area (Å²) in [6.45, 7) is 0. The predicted octanol–water partition coefficient (Wildman–Crippen LogP) is -10.5. The number of hydrogen-bond acceptors (Lipinski definition) is 21. The Bertz CT molecular complexity index is 6400. The van der Waals surface area contributed by atoms with E-state index in [0.29, 0.717) is 77.9 Å². The van der Waals surface area contributed by atoms with Crippen molar-refractivity contribution in [2.24, 2.45) is 0 Å². The van der Waals surface area contributed by atoms with E-state index in [0.717, 1.165) is 84.9 Å². The first-order chi connectivity index (χ1) is 62.5. The largest absolute Gasteiger partial charge is 1.00 e. The van der Waals surface area contributed by atoms with E-state index in [-0.39, 0.29) is 330 Å². The molecule has 1 aliphatic rings. The Kier molecular flexibility index (Phi) is 41.6. The van der Waals surface area contributed by atoms with E-state index in [1.54, 1.807) is 0 Å². The first-order valence-corrected chi connectivity index (χ1v) is 50.8. The van der Waals surface area contributed by atoms with Gasteiger partial charge in [-0.25, -0.2) is 0 Å². The minimum atomic E-state index is -4.72. The summed E-state index contributed by atoms with van der Waals surface area (Å²) < 4.78 is 243. The van der Waals surface area contributed by atoms with Gasteiger partial charge in [0, 0.05) is 0 Å². The van der Waals surface area contributed by atoms with Crippen LogP contribution in [0, 0.1) is 0 Å². The zero-order valence-electron chi connectivity index (χ0n) is 76.7. The molecule has 0 saturated carbocycles. The zero-order valence-corrected chi connectivity index (χ0v) is 96.4. The van der Waals surface area contributed by atoms with Crippen molar-refractivity contribution in [2.45, 2.75) is 124 Å². The van der Waals surface area contributed by atoms with Crippen LogP contribution in [0.4, 0.5) is 0 Å². The molecule has 0 aliphatic heterocycles. The minimum absolute atomic E-state index is 0. The van der Waals surface area contributed by atoms with Gasteiger partial charge in [0.25, 0.3) is 70.8 Å². The Hall–Kier alpha value is -5.95. The van der Waals surface area contributed by atoms with E-state index in [9.17, 15) is 90.8 Å². The molecule has 28 nitrogen and oxygen atoms in total. The third kappa shape index (κ3) is 30.2. The molecule has 14 aromatic carbocycles. The minimum Gasteiger partial charge on any atom is -0.872 e. The van der Waals surface area contributed by atoms with Gasteiger partial charge >= 0.3 is 207 Å². The van der Waals surface area contributed by atoms with E-state index in [2.05, 4.69) is 0 Å². The Morgan fingerprint density at radius 1 is 0.150 bits per heavy atom. The molecule has 0 saturated heterocycles. The van der Waals surface area contributed by atoms with Gasteiger partial charge < -0.3 is 35.7 Å². The smallest absolute Gasteiger partial charge is 0.872 e. The van der Waals surface area contributed by atoms with Crippen LogP contribution in [0.2, 0.25) is 0 Å². The summed E-state index contributed by atoms with van der Waals surface area (Å²) in [4.78, 5) is -3.20. The topological polar surface area (TPSA) is 542 Å². The number of hydrogen-bond donors (Lipinski definition) is 7. The summed E-state index contributed by atoms with van der Waals surface area (Å²) >= 11 is 0. The van der Waals surface area contributed by atoms with Gasteiger partial charge in [0.15, 0.2) is 0 Å². The van der Waals surface area contributed by atoms with Crippen LogP contribution >= 0.6 is 0 Å². The van der Waals surface area contributed by atoms with E-state index >= 15 is 35.7 Å². The normalized spacial score (nSPS) is 12.4. The SMILES string of the molecule is O=S(=O)(O)c1ccc(Cc2cc3c([O-])c(c2)Cc2cc(Cc4ccc(S(=O)(=O)O)cc4)cc(c2[O-])Cc2cc(Cc4ccc(S(=O)(=O)O)cc4)cc(c2[O-])Cc2cc(Cc4ccc(S(=O)(=O)O)cc4)cc(c2[O-])Cc2cc(Cc4ccc(S(=O)(=O)O)cc4)cc(c2[O-])Cc2cc(Cc4ccc(S(=O)(=O)O)cc4)cc(c2[O-])Cc2cc(Cc4ccc(S(=O)(=O)O)cc4)cc(c2[O-])C3)cc1.[Na+].[Na+].[Na+].[Na+].[Na+].[Na+].[Na+]. The van der Waals surface area contributed by atoms with Crippen LogP contribution in [-0.2, 0) is 161 Å². The summed E-state index contributed by atoms with van der Waals surface area (Å²) in [5.41, 5.74) is 4.56. The van der Waals surface area contributed by atoms with Crippen molar-refractivity contribution in [1.29, 1.82) is 0 Å². The second kappa shape index (κ2) is 48.8. The molecule has 7 N–H and O–H groups in total. The van der Waals surface area contributed by atoms with Gasteiger partial charge in [-0.15, -0.1) is 40.2 Å². The molecule has 15 rings (SSSR count). The maximum atomic E-state index is 15.9. The van der Waals surface area contributed by atoms with Gasteiger partial charge in [0.1, 0.15) is 0 Å². The molecular formula is C98H77Na7O28S7. The number of benzene rings is 14. The molecule has 0 unspecified atom stereocenters. The number of fused-ring (bicyclic) bond motifs is 14. The quantitative estimate of drug-likeness (QED) is 0.0259. The fraction of sp³-hybridized carbons (Fsp3) is 0.143. The third-order valence-corrected chi connectivity index (χ3v) is 29.3. The molecule has 140 heavy (non-hydrogen) atoms. The van der Waals surface area contributed by atoms with Gasteiger partial charge in [0.05, 0.1) is 34.3 Å². The second-order valence-electron chi connectivity index (χ2n) is 33.0. The molecule has 0 fully saturated rings. The van der Waals surface area contributed by atoms with Gasteiger partial charge in [-0.1, -0.05) is 248 Å². The summed E-state index contributed by atoms with van der Waals surface area (Å²) in [6, 6.07) is 56.7. The first kappa shape index (κ1) is 119. The van der Waals surface area contributed by atoms with Crippen molar-refractivity contribution in [1.82, 2.24) is 0 Å². The fourth-order valence-electron chi connectivity index (χ4n) is 16.9. The van der Waals surface area contributed by atoms with Crippen LogP contribution in [0.1, 0.15) is 156 Å². The number of rotatable bonds is 21. The van der Waals surface area contributed by atoms with Crippen molar-refractivity contribution < 1.29 is 333 Å². The molecule has 0 heterocycles. The van der Waals surface area contributed by atoms with Crippen LogP contribution < -0.4 is 243 Å². The van der Waals surface area contributed by atoms with Crippen LogP contribution in [0.25, 0.3) is 0 Å². The van der Waals surface area contributed by atoms with Gasteiger partial charge in [-0.3, -0.25) is 31.9 Å². The van der Waals surface area contributed by atoms with Crippen molar-refractivity contribution in [2.75, 3.05) is 0 Å². The summed E-state index contributed by atoms with van der Waals surface area (Å²) in [5.74, 6) is -5.02. The van der Waals surface area contributed by atoms with Crippen LogP contribution in [0.5, 0.6) is 40.2 Å². The van der Waals surface area contributed by atoms with Gasteiger partial charge in [0.2, 0.25) is 0 Å². The Labute approximate surface area is 965 Å². The van der Waals surface area contributed by atoms with Crippen molar-refractivity contribution in [3.63, 3.8) is 0 Å². The summed E-state index contributed by atoms with van der Waals surface area (Å²) in [6.07, 6.45) is -4.04. The second-order valence-corrected chi connectivity index (χ2v) is 43.0. The van der Waals surface area contributed by atoms with Crippen LogP contribution in [-0.4, -0.2) is 90.8 Å². The Morgan fingerprint density at radius 3 is 0.300 bits per heavy atom. The van der Waals surface area contributed by atoms with E-state index in [1.807, 2.05) is 0 Å². The molecule has 0 radical (unpaired) electrons. The first-order valence-electron chi connectivity index (χ1n) is 40.7. The average Bonchev–Trinajstić information content (AvgIpc) is 0.779. The molecule has 1 aliphatic carbocycles. The Balaban J connectivity index is 0.00000343. The molecule has 14 aromatic rings. The molecular weight excluding hydrogens is 2010 g/mol. The molecule has 0 amide bonds. The third-order valence-electron chi connectivity index (χ3n) is 23.2. The van der Waals surface area contributed by atoms with Crippen molar-refractivity contribution >= 4 is 70.8 Å². The molecule has 0 atom stereocenters. The molecule has 0 spiro atoms.